The van der Waals surface area contributed by atoms with Crippen molar-refractivity contribution in [1.82, 2.24) is 4.98 Å². The zero-order valence-electron chi connectivity index (χ0n) is 7.60. The smallest absolute Gasteiger partial charge is 0.304 e. The van der Waals surface area contributed by atoms with E-state index >= 15 is 0 Å². The summed E-state index contributed by atoms with van der Waals surface area (Å²) in [5, 5.41) is 1.75. The highest BCUT2D eigenvalue weighted by atomic mass is 32.1. The van der Waals surface area contributed by atoms with Crippen LogP contribution >= 0.6 is 18.9 Å². The lowest BCUT2D eigenvalue weighted by Gasteiger charge is -2.13. The van der Waals surface area contributed by atoms with Gasteiger partial charge in [0.1, 0.15) is 0 Å². The van der Waals surface area contributed by atoms with Crippen LogP contribution in [0.1, 0.15) is 13.8 Å². The molecule has 4 nitrogen and oxygen atoms in total. The van der Waals surface area contributed by atoms with E-state index in [1.54, 1.807) is 25.4 Å². The van der Waals surface area contributed by atoms with E-state index in [2.05, 4.69) is 4.98 Å². The molecule has 0 unspecified atom stereocenters. The summed E-state index contributed by atoms with van der Waals surface area (Å²) < 4.78 is 22.6. The van der Waals surface area contributed by atoms with Crippen molar-refractivity contribution in [3.63, 3.8) is 0 Å². The molecule has 1 heterocycles. The van der Waals surface area contributed by atoms with Crippen molar-refractivity contribution in [2.45, 2.75) is 13.8 Å². The summed E-state index contributed by atoms with van der Waals surface area (Å²) in [4.78, 5) is 3.93. The van der Waals surface area contributed by atoms with E-state index in [0.29, 0.717) is 18.0 Å². The molecule has 1 rings (SSSR count). The molecule has 1 aromatic heterocycles. The Morgan fingerprint density at radius 3 is 2.46 bits per heavy atom. The largest absolute Gasteiger partial charge is 0.389 e. The number of nitrogens with zero attached hydrogens (tertiary/aromatic N) is 1. The highest BCUT2D eigenvalue weighted by Gasteiger charge is 2.29. The predicted octanol–water partition coefficient (Wildman–Crippen LogP) is 2.03. The Bertz CT molecular complexity index is 278. The van der Waals surface area contributed by atoms with Gasteiger partial charge in [-0.25, -0.2) is 4.98 Å². The van der Waals surface area contributed by atoms with E-state index in [9.17, 15) is 4.57 Å². The van der Waals surface area contributed by atoms with Crippen molar-refractivity contribution in [2.24, 2.45) is 0 Å². The average Bonchev–Trinajstić information content (AvgIpc) is 2.57. The van der Waals surface area contributed by atoms with Gasteiger partial charge in [0, 0.05) is 11.6 Å². The van der Waals surface area contributed by atoms with Crippen LogP contribution in [0.4, 0.5) is 0 Å². The number of thiazole rings is 1. The molecule has 0 aliphatic heterocycles. The third-order valence-corrected chi connectivity index (χ3v) is 4.59. The first-order valence-electron chi connectivity index (χ1n) is 4.02. The standard InChI is InChI=1S/C7H12NO3PS/c1-3-10-12(9,11-4-2)7-8-5-6-13-7/h5-6H,3-4H2,1-2H3. The van der Waals surface area contributed by atoms with Gasteiger partial charge in [0.15, 0.2) is 0 Å². The lowest BCUT2D eigenvalue weighted by Crippen LogP contribution is -2.09. The molecule has 0 atom stereocenters. The van der Waals surface area contributed by atoms with Crippen molar-refractivity contribution < 1.29 is 13.6 Å². The Kier molecular flexibility index (Phi) is 4.06. The Balaban J connectivity index is 2.85. The third kappa shape index (κ3) is 2.61. The molecule has 0 N–H and O–H groups in total. The Hall–Kier alpha value is -0.220. The molecule has 0 aliphatic rings. The van der Waals surface area contributed by atoms with E-state index in [1.165, 1.54) is 11.3 Å². The zero-order chi connectivity index (χ0) is 9.73. The summed E-state index contributed by atoms with van der Waals surface area (Å²) in [6.07, 6.45) is 1.59. The van der Waals surface area contributed by atoms with Gasteiger partial charge < -0.3 is 9.05 Å². The highest BCUT2D eigenvalue weighted by molar-refractivity contribution is 7.68. The van der Waals surface area contributed by atoms with Crippen LogP contribution in [0.25, 0.3) is 0 Å². The van der Waals surface area contributed by atoms with Gasteiger partial charge in [0.2, 0.25) is 4.75 Å². The van der Waals surface area contributed by atoms with Crippen molar-refractivity contribution in [1.29, 1.82) is 0 Å². The second-order valence-corrected chi connectivity index (χ2v) is 5.28. The molecule has 74 valence electrons. The van der Waals surface area contributed by atoms with Gasteiger partial charge in [-0.15, -0.1) is 11.3 Å². The predicted molar refractivity (Wildman–Crippen MR) is 52.6 cm³/mol. The molecule has 0 bridgehead atoms. The second-order valence-electron chi connectivity index (χ2n) is 2.15. The topological polar surface area (TPSA) is 48.4 Å². The maximum Gasteiger partial charge on any atom is 0.389 e. The molecule has 6 heteroatoms. The second kappa shape index (κ2) is 4.86. The van der Waals surface area contributed by atoms with E-state index in [4.69, 9.17) is 9.05 Å². The fourth-order valence-electron chi connectivity index (χ4n) is 0.839. The molecule has 0 spiro atoms. The van der Waals surface area contributed by atoms with Crippen molar-refractivity contribution in [3.05, 3.63) is 11.6 Å². The quantitative estimate of drug-likeness (QED) is 0.714. The molecule has 0 aromatic carbocycles. The van der Waals surface area contributed by atoms with Crippen molar-refractivity contribution >= 4 is 23.7 Å². The maximum absolute atomic E-state index is 12.0. The first-order chi connectivity index (χ1) is 6.23. The van der Waals surface area contributed by atoms with Crippen LogP contribution in [0.15, 0.2) is 11.6 Å². The molecule has 0 amide bonds. The summed E-state index contributed by atoms with van der Waals surface area (Å²) in [6.45, 7) is 4.27. The van der Waals surface area contributed by atoms with Crippen LogP contribution in [-0.4, -0.2) is 18.2 Å². The number of hydrogen-bond acceptors (Lipinski definition) is 5. The van der Waals surface area contributed by atoms with E-state index in [0.717, 1.165) is 0 Å². The van der Waals surface area contributed by atoms with Gasteiger partial charge in [-0.3, -0.25) is 4.57 Å². The summed E-state index contributed by atoms with van der Waals surface area (Å²) in [5.41, 5.74) is 0. The van der Waals surface area contributed by atoms with Gasteiger partial charge >= 0.3 is 7.60 Å². The van der Waals surface area contributed by atoms with Gasteiger partial charge in [-0.05, 0) is 13.8 Å². The highest BCUT2D eigenvalue weighted by Crippen LogP contribution is 2.47. The lowest BCUT2D eigenvalue weighted by molar-refractivity contribution is 0.230. The molecule has 0 saturated heterocycles. The summed E-state index contributed by atoms with van der Waals surface area (Å²) in [6, 6.07) is 0. The molecule has 1 aromatic rings. The van der Waals surface area contributed by atoms with Crippen LogP contribution in [0.3, 0.4) is 0 Å². The number of aromatic nitrogens is 1. The van der Waals surface area contributed by atoms with Crippen LogP contribution < -0.4 is 4.75 Å². The fourth-order valence-corrected chi connectivity index (χ4v) is 3.40. The molecule has 0 fully saturated rings. The monoisotopic (exact) mass is 221 g/mol. The summed E-state index contributed by atoms with van der Waals surface area (Å²) in [5.74, 6) is 0. The van der Waals surface area contributed by atoms with Gasteiger partial charge in [0.05, 0.1) is 13.2 Å². The van der Waals surface area contributed by atoms with Gasteiger partial charge in [-0.2, -0.15) is 0 Å². The molecule has 0 aliphatic carbocycles. The lowest BCUT2D eigenvalue weighted by atomic mass is 10.9. The minimum Gasteiger partial charge on any atom is -0.304 e. The first-order valence-corrected chi connectivity index (χ1v) is 6.44. The molecule has 0 saturated carbocycles. The van der Waals surface area contributed by atoms with Gasteiger partial charge in [0.25, 0.3) is 0 Å². The first kappa shape index (κ1) is 10.9. The summed E-state index contributed by atoms with van der Waals surface area (Å²) >= 11 is 1.29. The van der Waals surface area contributed by atoms with Crippen molar-refractivity contribution in [2.75, 3.05) is 13.2 Å². The maximum atomic E-state index is 12.0. The fraction of sp³-hybridized carbons (Fsp3) is 0.571. The van der Waals surface area contributed by atoms with E-state index in [1.807, 2.05) is 0 Å². The van der Waals surface area contributed by atoms with E-state index < -0.39 is 7.60 Å². The molecular weight excluding hydrogens is 209 g/mol. The van der Waals surface area contributed by atoms with Crippen LogP contribution in [-0.2, 0) is 13.6 Å². The number of rotatable bonds is 5. The SMILES string of the molecule is CCOP(=O)(OCC)c1nccs1. The normalized spacial score (nSPS) is 11.8. The molecular formula is C7H12NO3PS. The minimum absolute atomic E-state index is 0.358. The third-order valence-electron chi connectivity index (χ3n) is 1.25. The molecule has 0 radical (unpaired) electrons. The Morgan fingerprint density at radius 1 is 1.46 bits per heavy atom. The van der Waals surface area contributed by atoms with Gasteiger partial charge in [-0.1, -0.05) is 0 Å². The number of hydrogen-bond donors (Lipinski definition) is 0. The molecule has 13 heavy (non-hydrogen) atoms. The minimum atomic E-state index is -3.12. The van der Waals surface area contributed by atoms with Crippen molar-refractivity contribution in [3.8, 4) is 0 Å². The summed E-state index contributed by atoms with van der Waals surface area (Å²) in [7, 11) is -3.12. The van der Waals surface area contributed by atoms with E-state index in [-0.39, 0.29) is 0 Å². The Morgan fingerprint density at radius 2 is 2.08 bits per heavy atom. The Labute approximate surface area is 81.4 Å². The zero-order valence-corrected chi connectivity index (χ0v) is 9.31. The van der Waals surface area contributed by atoms with Crippen LogP contribution in [0, 0.1) is 0 Å². The van der Waals surface area contributed by atoms with Crippen LogP contribution in [0.5, 0.6) is 0 Å². The average molecular weight is 221 g/mol. The van der Waals surface area contributed by atoms with Crippen LogP contribution in [0.2, 0.25) is 0 Å².